The monoisotopic (exact) mass is 282 g/mol. The molecular weight excluding hydrogens is 264 g/mol. The molecule has 0 bridgehead atoms. The minimum absolute atomic E-state index is 0.696. The zero-order valence-electron chi connectivity index (χ0n) is 11.0. The average molecular weight is 283 g/mol. The Morgan fingerprint density at radius 1 is 1.16 bits per heavy atom. The van der Waals surface area contributed by atoms with Gasteiger partial charge in [0.25, 0.3) is 0 Å². The molecule has 2 aliphatic heterocycles. The van der Waals surface area contributed by atoms with E-state index in [-0.39, 0.29) is 0 Å². The summed E-state index contributed by atoms with van der Waals surface area (Å²) in [5.74, 6) is 1.66. The lowest BCUT2D eigenvalue weighted by atomic mass is 10.1. The van der Waals surface area contributed by atoms with Crippen molar-refractivity contribution < 1.29 is 9.47 Å². The Bertz CT molecular complexity index is 447. The second-order valence-corrected chi connectivity index (χ2v) is 5.34. The topological polar surface area (TPSA) is 33.7 Å². The maximum Gasteiger partial charge on any atom is 0.167 e. The summed E-state index contributed by atoms with van der Waals surface area (Å²) in [6.07, 6.45) is 0.916. The fourth-order valence-corrected chi connectivity index (χ4v) is 2.72. The summed E-state index contributed by atoms with van der Waals surface area (Å²) in [6.45, 7) is 6.38. The van der Waals surface area contributed by atoms with Crippen LogP contribution in [-0.4, -0.2) is 44.3 Å². The summed E-state index contributed by atoms with van der Waals surface area (Å²) in [4.78, 5) is 2.40. The number of nitrogens with one attached hydrogen (secondary N) is 1. The fourth-order valence-electron chi connectivity index (χ4n) is 2.51. The average Bonchev–Trinajstić information content (AvgIpc) is 2.69. The number of fused-ring (bicyclic) bond motifs is 1. The van der Waals surface area contributed by atoms with Gasteiger partial charge in [0.05, 0.1) is 13.2 Å². The summed E-state index contributed by atoms with van der Waals surface area (Å²) < 4.78 is 11.6. The van der Waals surface area contributed by atoms with Crippen molar-refractivity contribution in [1.29, 1.82) is 0 Å². The minimum Gasteiger partial charge on any atom is -0.490 e. The van der Waals surface area contributed by atoms with Crippen molar-refractivity contribution in [2.24, 2.45) is 0 Å². The van der Waals surface area contributed by atoms with Crippen molar-refractivity contribution in [3.05, 3.63) is 22.7 Å². The summed E-state index contributed by atoms with van der Waals surface area (Å²) in [7, 11) is 0. The second-order valence-electron chi connectivity index (χ2n) is 4.93. The van der Waals surface area contributed by atoms with Crippen LogP contribution in [-0.2, 0) is 6.54 Å². The molecule has 1 saturated heterocycles. The minimum atomic E-state index is 0.696. The van der Waals surface area contributed by atoms with Gasteiger partial charge in [0, 0.05) is 49.7 Å². The molecule has 0 amide bonds. The normalized spacial score (nSPS) is 20.1. The maximum absolute atomic E-state index is 6.36. The molecule has 4 nitrogen and oxygen atoms in total. The van der Waals surface area contributed by atoms with Crippen LogP contribution >= 0.6 is 11.6 Å². The van der Waals surface area contributed by atoms with E-state index in [1.807, 2.05) is 12.1 Å². The molecule has 1 aromatic carbocycles. The van der Waals surface area contributed by atoms with E-state index in [0.717, 1.165) is 61.2 Å². The molecule has 0 aromatic heterocycles. The van der Waals surface area contributed by atoms with Gasteiger partial charge >= 0.3 is 0 Å². The van der Waals surface area contributed by atoms with Crippen LogP contribution in [0.3, 0.4) is 0 Å². The van der Waals surface area contributed by atoms with Crippen molar-refractivity contribution in [3.8, 4) is 11.5 Å². The summed E-state index contributed by atoms with van der Waals surface area (Å²) >= 11 is 6.36. The third-order valence-corrected chi connectivity index (χ3v) is 3.91. The largest absolute Gasteiger partial charge is 0.490 e. The van der Waals surface area contributed by atoms with Gasteiger partial charge in [-0.3, -0.25) is 4.90 Å². The van der Waals surface area contributed by atoms with Crippen LogP contribution in [0.25, 0.3) is 0 Å². The second kappa shape index (κ2) is 5.99. The Morgan fingerprint density at radius 2 is 1.95 bits per heavy atom. The fraction of sp³-hybridized carbons (Fsp3) is 0.571. The van der Waals surface area contributed by atoms with Crippen LogP contribution in [0.15, 0.2) is 12.1 Å². The lowest BCUT2D eigenvalue weighted by Crippen LogP contribution is -2.43. The molecule has 0 spiro atoms. The lowest BCUT2D eigenvalue weighted by Gasteiger charge is -2.28. The SMILES string of the molecule is Clc1ccc2c(c1CN1CCNCC1)OCCCO2. The number of hydrogen-bond donors (Lipinski definition) is 1. The lowest BCUT2D eigenvalue weighted by molar-refractivity contribution is 0.228. The van der Waals surface area contributed by atoms with Gasteiger partial charge in [-0.15, -0.1) is 0 Å². The Balaban J connectivity index is 1.86. The molecule has 2 heterocycles. The summed E-state index contributed by atoms with van der Waals surface area (Å²) in [5.41, 5.74) is 1.06. The van der Waals surface area contributed by atoms with E-state index in [1.165, 1.54) is 0 Å². The van der Waals surface area contributed by atoms with Gasteiger partial charge in [-0.05, 0) is 12.1 Å². The third kappa shape index (κ3) is 2.96. The van der Waals surface area contributed by atoms with Crippen molar-refractivity contribution in [2.45, 2.75) is 13.0 Å². The van der Waals surface area contributed by atoms with Crippen molar-refractivity contribution in [1.82, 2.24) is 10.2 Å². The highest BCUT2D eigenvalue weighted by Crippen LogP contribution is 2.38. The van der Waals surface area contributed by atoms with Crippen LogP contribution in [0.1, 0.15) is 12.0 Å². The molecule has 5 heteroatoms. The quantitative estimate of drug-likeness (QED) is 0.898. The van der Waals surface area contributed by atoms with E-state index >= 15 is 0 Å². The summed E-state index contributed by atoms with van der Waals surface area (Å²) in [6, 6.07) is 3.82. The van der Waals surface area contributed by atoms with Gasteiger partial charge in [-0.1, -0.05) is 11.6 Å². The molecule has 3 rings (SSSR count). The number of halogens is 1. The zero-order valence-corrected chi connectivity index (χ0v) is 11.7. The first-order valence-corrected chi connectivity index (χ1v) is 7.22. The highest BCUT2D eigenvalue weighted by molar-refractivity contribution is 6.31. The first-order valence-electron chi connectivity index (χ1n) is 6.84. The molecule has 0 radical (unpaired) electrons. The van der Waals surface area contributed by atoms with Crippen molar-refractivity contribution in [3.63, 3.8) is 0 Å². The predicted octanol–water partition coefficient (Wildman–Crippen LogP) is 1.91. The van der Waals surface area contributed by atoms with Gasteiger partial charge in [-0.2, -0.15) is 0 Å². The molecule has 0 unspecified atom stereocenters. The van der Waals surface area contributed by atoms with Gasteiger partial charge in [-0.25, -0.2) is 0 Å². The Morgan fingerprint density at radius 3 is 2.79 bits per heavy atom. The van der Waals surface area contributed by atoms with E-state index in [4.69, 9.17) is 21.1 Å². The van der Waals surface area contributed by atoms with E-state index in [2.05, 4.69) is 10.2 Å². The molecular formula is C14H19ClN2O2. The molecule has 0 aliphatic carbocycles. The van der Waals surface area contributed by atoms with E-state index in [1.54, 1.807) is 0 Å². The molecule has 2 aliphatic rings. The highest BCUT2D eigenvalue weighted by atomic mass is 35.5. The molecule has 104 valence electrons. The van der Waals surface area contributed by atoms with Gasteiger partial charge < -0.3 is 14.8 Å². The van der Waals surface area contributed by atoms with Gasteiger partial charge in [0.2, 0.25) is 0 Å². The number of nitrogens with zero attached hydrogens (tertiary/aromatic N) is 1. The predicted molar refractivity (Wildman–Crippen MR) is 75.2 cm³/mol. The Labute approximate surface area is 118 Å². The molecule has 0 saturated carbocycles. The van der Waals surface area contributed by atoms with Crippen molar-refractivity contribution >= 4 is 11.6 Å². The van der Waals surface area contributed by atoms with Crippen LogP contribution in [0.2, 0.25) is 5.02 Å². The Hall–Kier alpha value is -0.970. The van der Waals surface area contributed by atoms with Crippen LogP contribution < -0.4 is 14.8 Å². The standard InChI is InChI=1S/C14H19ClN2O2/c15-12-2-3-13-14(19-9-1-8-18-13)11(12)10-17-6-4-16-5-7-17/h2-3,16H,1,4-10H2. The molecule has 1 N–H and O–H groups in total. The summed E-state index contributed by atoms with van der Waals surface area (Å²) in [5, 5.41) is 4.12. The molecule has 1 aromatic rings. The number of hydrogen-bond acceptors (Lipinski definition) is 4. The van der Waals surface area contributed by atoms with E-state index in [0.29, 0.717) is 13.2 Å². The molecule has 1 fully saturated rings. The van der Waals surface area contributed by atoms with Crippen LogP contribution in [0.5, 0.6) is 11.5 Å². The van der Waals surface area contributed by atoms with Crippen molar-refractivity contribution in [2.75, 3.05) is 39.4 Å². The number of piperazine rings is 1. The highest BCUT2D eigenvalue weighted by Gasteiger charge is 2.20. The molecule has 0 atom stereocenters. The maximum atomic E-state index is 6.36. The smallest absolute Gasteiger partial charge is 0.167 e. The molecule has 19 heavy (non-hydrogen) atoms. The third-order valence-electron chi connectivity index (χ3n) is 3.55. The van der Waals surface area contributed by atoms with Crippen LogP contribution in [0, 0.1) is 0 Å². The van der Waals surface area contributed by atoms with Crippen LogP contribution in [0.4, 0.5) is 0 Å². The number of benzene rings is 1. The van der Waals surface area contributed by atoms with Gasteiger partial charge in [0.15, 0.2) is 11.5 Å². The van der Waals surface area contributed by atoms with E-state index in [9.17, 15) is 0 Å². The zero-order chi connectivity index (χ0) is 13.1. The number of ether oxygens (including phenoxy) is 2. The van der Waals surface area contributed by atoms with E-state index < -0.39 is 0 Å². The number of rotatable bonds is 2. The van der Waals surface area contributed by atoms with Gasteiger partial charge in [0.1, 0.15) is 0 Å². The first kappa shape index (κ1) is 13.0. The first-order chi connectivity index (χ1) is 9.34. The Kier molecular flexibility index (Phi) is 4.11.